The summed E-state index contributed by atoms with van der Waals surface area (Å²) in [5.41, 5.74) is 5.68. The van der Waals surface area contributed by atoms with E-state index in [4.69, 9.17) is 11.0 Å². The minimum absolute atomic E-state index is 0.126. The Morgan fingerprint density at radius 3 is 2.58 bits per heavy atom. The van der Waals surface area contributed by atoms with Gasteiger partial charge in [0.05, 0.1) is 4.92 Å². The number of nitrogens with zero attached hydrogens (tertiary/aromatic N) is 3. The molecule has 0 aromatic heterocycles. The number of hydrogen-bond donors (Lipinski definition) is 1. The summed E-state index contributed by atoms with van der Waals surface area (Å²) < 4.78 is 0. The number of hydrogen-bond acceptors (Lipinski definition) is 5. The molecular weight excluding hydrogens is 248 g/mol. The molecule has 0 saturated carbocycles. The maximum atomic E-state index is 11.0. The molecule has 1 rings (SSSR count). The summed E-state index contributed by atoms with van der Waals surface area (Å²) in [7, 11) is 3.49. The van der Waals surface area contributed by atoms with Crippen molar-refractivity contribution in [2.75, 3.05) is 19.0 Å². The molecular formula is C12H12N4O3. The van der Waals surface area contributed by atoms with Crippen LogP contribution in [-0.2, 0) is 4.79 Å². The molecule has 0 bridgehead atoms. The number of carbonyl (C=O) groups excluding carboxylic acids is 1. The molecule has 1 aromatic carbocycles. The van der Waals surface area contributed by atoms with Crippen LogP contribution in [0.1, 0.15) is 5.56 Å². The van der Waals surface area contributed by atoms with E-state index in [1.165, 1.54) is 18.2 Å². The van der Waals surface area contributed by atoms with Gasteiger partial charge < -0.3 is 10.6 Å². The van der Waals surface area contributed by atoms with Crippen molar-refractivity contribution >= 4 is 23.4 Å². The van der Waals surface area contributed by atoms with E-state index in [2.05, 4.69) is 0 Å². The highest BCUT2D eigenvalue weighted by atomic mass is 16.6. The van der Waals surface area contributed by atoms with Crippen LogP contribution in [0.4, 0.5) is 11.4 Å². The molecule has 0 aliphatic heterocycles. The Balaban J connectivity index is 3.46. The fraction of sp³-hybridized carbons (Fsp3) is 0.167. The Hall–Kier alpha value is -2.88. The fourth-order valence-corrected chi connectivity index (χ4v) is 1.49. The van der Waals surface area contributed by atoms with Crippen molar-refractivity contribution in [2.45, 2.75) is 0 Å². The van der Waals surface area contributed by atoms with Gasteiger partial charge in [0.15, 0.2) is 0 Å². The van der Waals surface area contributed by atoms with Crippen LogP contribution in [0, 0.1) is 21.4 Å². The topological polar surface area (TPSA) is 113 Å². The number of anilines is 1. The minimum Gasteiger partial charge on any atom is -0.377 e. The fourth-order valence-electron chi connectivity index (χ4n) is 1.49. The normalized spacial score (nSPS) is 10.7. The number of amides is 1. The summed E-state index contributed by atoms with van der Waals surface area (Å²) in [5.74, 6) is -0.876. The summed E-state index contributed by atoms with van der Waals surface area (Å²) >= 11 is 0. The zero-order chi connectivity index (χ0) is 14.6. The second-order valence-electron chi connectivity index (χ2n) is 3.93. The van der Waals surface area contributed by atoms with Gasteiger partial charge in [0.1, 0.15) is 11.6 Å². The summed E-state index contributed by atoms with van der Waals surface area (Å²) in [6.07, 6.45) is 1.24. The SMILES string of the molecule is CN(C)c1ccc([N+](=O)[O-])cc1/C=C(\C#N)C(N)=O. The molecule has 1 amide bonds. The van der Waals surface area contributed by atoms with Crippen LogP contribution in [0.3, 0.4) is 0 Å². The molecule has 7 nitrogen and oxygen atoms in total. The molecule has 0 saturated heterocycles. The molecule has 0 aliphatic rings. The Labute approximate surface area is 109 Å². The molecule has 7 heteroatoms. The average molecular weight is 260 g/mol. The first kappa shape index (κ1) is 14.2. The van der Waals surface area contributed by atoms with Crippen LogP contribution in [0.15, 0.2) is 23.8 Å². The van der Waals surface area contributed by atoms with Gasteiger partial charge in [-0.25, -0.2) is 0 Å². The van der Waals surface area contributed by atoms with E-state index in [1.54, 1.807) is 31.1 Å². The van der Waals surface area contributed by atoms with Crippen LogP contribution in [-0.4, -0.2) is 24.9 Å². The van der Waals surface area contributed by atoms with E-state index in [-0.39, 0.29) is 11.3 Å². The minimum atomic E-state index is -0.876. The van der Waals surface area contributed by atoms with Crippen molar-refractivity contribution in [2.24, 2.45) is 5.73 Å². The van der Waals surface area contributed by atoms with Gasteiger partial charge in [-0.2, -0.15) is 5.26 Å². The molecule has 0 atom stereocenters. The molecule has 0 spiro atoms. The van der Waals surface area contributed by atoms with E-state index < -0.39 is 10.8 Å². The number of non-ortho nitro benzene ring substituents is 1. The zero-order valence-corrected chi connectivity index (χ0v) is 10.5. The first-order valence-electron chi connectivity index (χ1n) is 5.24. The number of nitriles is 1. The molecule has 19 heavy (non-hydrogen) atoms. The Kier molecular flexibility index (Phi) is 4.21. The average Bonchev–Trinajstić information content (AvgIpc) is 2.34. The quantitative estimate of drug-likeness (QED) is 0.376. The largest absolute Gasteiger partial charge is 0.377 e. The smallest absolute Gasteiger partial charge is 0.270 e. The highest BCUT2D eigenvalue weighted by molar-refractivity contribution is 6.01. The van der Waals surface area contributed by atoms with Crippen molar-refractivity contribution in [3.63, 3.8) is 0 Å². The van der Waals surface area contributed by atoms with Gasteiger partial charge in [-0.15, -0.1) is 0 Å². The van der Waals surface area contributed by atoms with E-state index in [0.29, 0.717) is 11.3 Å². The number of primary amides is 1. The molecule has 0 heterocycles. The van der Waals surface area contributed by atoms with Crippen molar-refractivity contribution in [1.29, 1.82) is 5.26 Å². The van der Waals surface area contributed by atoms with Crippen LogP contribution in [0.25, 0.3) is 6.08 Å². The van der Waals surface area contributed by atoms with Gasteiger partial charge >= 0.3 is 0 Å². The van der Waals surface area contributed by atoms with E-state index in [0.717, 1.165) is 0 Å². The number of nitro groups is 1. The van der Waals surface area contributed by atoms with Crippen molar-refractivity contribution in [3.05, 3.63) is 39.4 Å². The first-order valence-corrected chi connectivity index (χ1v) is 5.24. The van der Waals surface area contributed by atoms with E-state index in [9.17, 15) is 14.9 Å². The number of nitro benzene ring substituents is 1. The van der Waals surface area contributed by atoms with Crippen molar-refractivity contribution in [1.82, 2.24) is 0 Å². The predicted molar refractivity (Wildman–Crippen MR) is 70.2 cm³/mol. The zero-order valence-electron chi connectivity index (χ0n) is 10.5. The molecule has 98 valence electrons. The van der Waals surface area contributed by atoms with Gasteiger partial charge in [0, 0.05) is 37.5 Å². The standard InChI is InChI=1S/C12H12N4O3/c1-15(2)11-4-3-10(16(18)19)6-8(11)5-9(7-13)12(14)17/h3-6H,1-2H3,(H2,14,17)/b9-5+. The second-order valence-corrected chi connectivity index (χ2v) is 3.93. The highest BCUT2D eigenvalue weighted by Gasteiger charge is 2.13. The second kappa shape index (κ2) is 5.64. The lowest BCUT2D eigenvalue weighted by atomic mass is 10.1. The number of carbonyl (C=O) groups is 1. The first-order chi connectivity index (χ1) is 8.86. The van der Waals surface area contributed by atoms with Crippen molar-refractivity contribution < 1.29 is 9.72 Å². The van der Waals surface area contributed by atoms with Gasteiger partial charge in [-0.3, -0.25) is 14.9 Å². The lowest BCUT2D eigenvalue weighted by molar-refractivity contribution is -0.384. The molecule has 0 fully saturated rings. The van der Waals surface area contributed by atoms with Crippen LogP contribution in [0.5, 0.6) is 0 Å². The van der Waals surface area contributed by atoms with Gasteiger partial charge in [0.25, 0.3) is 11.6 Å². The summed E-state index contributed by atoms with van der Waals surface area (Å²) in [6, 6.07) is 5.84. The molecule has 0 radical (unpaired) electrons. The van der Waals surface area contributed by atoms with E-state index >= 15 is 0 Å². The van der Waals surface area contributed by atoms with Gasteiger partial charge in [-0.05, 0) is 12.1 Å². The molecule has 2 N–H and O–H groups in total. The van der Waals surface area contributed by atoms with Gasteiger partial charge in [-0.1, -0.05) is 0 Å². The lowest BCUT2D eigenvalue weighted by Gasteiger charge is -2.15. The lowest BCUT2D eigenvalue weighted by Crippen LogP contribution is -2.14. The van der Waals surface area contributed by atoms with E-state index in [1.807, 2.05) is 0 Å². The Morgan fingerprint density at radius 1 is 1.53 bits per heavy atom. The molecule has 0 unspecified atom stereocenters. The predicted octanol–water partition coefficient (Wildman–Crippen LogP) is 1.05. The third-order valence-corrected chi connectivity index (χ3v) is 2.39. The Bertz CT molecular complexity index is 599. The Morgan fingerprint density at radius 2 is 2.16 bits per heavy atom. The van der Waals surface area contributed by atoms with Crippen molar-refractivity contribution in [3.8, 4) is 6.07 Å². The summed E-state index contributed by atoms with van der Waals surface area (Å²) in [4.78, 5) is 22.9. The number of rotatable bonds is 4. The molecule has 1 aromatic rings. The maximum absolute atomic E-state index is 11.0. The van der Waals surface area contributed by atoms with Crippen LogP contribution < -0.4 is 10.6 Å². The summed E-state index contributed by atoms with van der Waals surface area (Å²) in [6.45, 7) is 0. The maximum Gasteiger partial charge on any atom is 0.270 e. The highest BCUT2D eigenvalue weighted by Crippen LogP contribution is 2.26. The number of benzene rings is 1. The van der Waals surface area contributed by atoms with Crippen LogP contribution >= 0.6 is 0 Å². The van der Waals surface area contributed by atoms with Crippen LogP contribution in [0.2, 0.25) is 0 Å². The molecule has 0 aliphatic carbocycles. The van der Waals surface area contributed by atoms with Gasteiger partial charge in [0.2, 0.25) is 0 Å². The number of nitrogens with two attached hydrogens (primary N) is 1. The summed E-state index contributed by atoms with van der Waals surface area (Å²) in [5, 5.41) is 19.5. The monoisotopic (exact) mass is 260 g/mol. The third kappa shape index (κ3) is 3.29. The third-order valence-electron chi connectivity index (χ3n) is 2.39.